The number of benzene rings is 2. The number of halogens is 4. The molecule has 1 N–H and O–H groups in total. The lowest BCUT2D eigenvalue weighted by molar-refractivity contribution is -0.136. The number of carbonyl (C=O) groups is 1. The van der Waals surface area contributed by atoms with Crippen molar-refractivity contribution in [2.75, 3.05) is 18.5 Å². The smallest absolute Gasteiger partial charge is 0.418 e. The monoisotopic (exact) mass is 429 g/mol. The summed E-state index contributed by atoms with van der Waals surface area (Å²) < 4.78 is 50.9. The molecule has 0 saturated heterocycles. The van der Waals surface area contributed by atoms with Crippen LogP contribution < -0.4 is 10.1 Å². The van der Waals surface area contributed by atoms with Crippen LogP contribution in [0.5, 0.6) is 5.75 Å². The van der Waals surface area contributed by atoms with Gasteiger partial charge in [-0.05, 0) is 49.2 Å². The van der Waals surface area contributed by atoms with Crippen molar-refractivity contribution >= 4 is 23.2 Å². The summed E-state index contributed by atoms with van der Waals surface area (Å²) in [6, 6.07) is 7.86. The Hall–Kier alpha value is -2.25. The summed E-state index contributed by atoms with van der Waals surface area (Å²) in [6.07, 6.45) is -4.65. The van der Waals surface area contributed by atoms with Crippen molar-refractivity contribution in [1.29, 1.82) is 0 Å². The summed E-state index contributed by atoms with van der Waals surface area (Å²) in [5.41, 5.74) is -0.532. The second kappa shape index (κ2) is 9.98. The lowest BCUT2D eigenvalue weighted by atomic mass is 10.1. The van der Waals surface area contributed by atoms with Gasteiger partial charge in [-0.2, -0.15) is 13.2 Å². The van der Waals surface area contributed by atoms with Crippen LogP contribution in [0.3, 0.4) is 0 Å². The minimum atomic E-state index is -4.65. The van der Waals surface area contributed by atoms with Gasteiger partial charge in [-0.3, -0.25) is 4.79 Å². The molecule has 0 unspecified atom stereocenters. The largest absolute Gasteiger partial charge is 0.494 e. The minimum absolute atomic E-state index is 0.0685. The lowest BCUT2D eigenvalue weighted by Gasteiger charge is -2.16. The molecule has 0 aromatic heterocycles. The van der Waals surface area contributed by atoms with Crippen LogP contribution in [0.2, 0.25) is 5.02 Å². The molecule has 1 amide bonds. The Kier molecular flexibility index (Phi) is 7.93. The molecule has 0 saturated carbocycles. The van der Waals surface area contributed by atoms with Crippen LogP contribution >= 0.6 is 11.6 Å². The lowest BCUT2D eigenvalue weighted by Crippen LogP contribution is -2.17. The molecule has 0 spiro atoms. The Morgan fingerprint density at radius 2 is 1.90 bits per heavy atom. The number of nitrogens with one attached hydrogen (secondary N) is 1. The number of amides is 1. The van der Waals surface area contributed by atoms with Crippen molar-refractivity contribution in [3.05, 3.63) is 58.1 Å². The van der Waals surface area contributed by atoms with Gasteiger partial charge < -0.3 is 14.8 Å². The predicted molar refractivity (Wildman–Crippen MR) is 107 cm³/mol. The predicted octanol–water partition coefficient (Wildman–Crippen LogP) is 6.18. The molecule has 8 heteroatoms. The fourth-order valence-electron chi connectivity index (χ4n) is 2.59. The maximum absolute atomic E-state index is 13.2. The van der Waals surface area contributed by atoms with Crippen LogP contribution in [-0.2, 0) is 17.5 Å². The number of alkyl halides is 3. The fourth-order valence-corrected chi connectivity index (χ4v) is 2.76. The quantitative estimate of drug-likeness (QED) is 0.544. The van der Waals surface area contributed by atoms with E-state index >= 15 is 0 Å². The third-order valence-electron chi connectivity index (χ3n) is 3.87. The molecule has 0 radical (unpaired) electrons. The van der Waals surface area contributed by atoms with Gasteiger partial charge in [0.15, 0.2) is 0 Å². The van der Waals surface area contributed by atoms with Crippen molar-refractivity contribution < 1.29 is 27.4 Å². The van der Waals surface area contributed by atoms with Gasteiger partial charge in [0.1, 0.15) is 5.75 Å². The Morgan fingerprint density at radius 1 is 1.17 bits per heavy atom. The number of ether oxygens (including phenoxy) is 2. The summed E-state index contributed by atoms with van der Waals surface area (Å²) in [6.45, 7) is 7.04. The zero-order chi connectivity index (χ0) is 21.6. The molecule has 0 fully saturated rings. The van der Waals surface area contributed by atoms with E-state index in [1.165, 1.54) is 12.1 Å². The molecular formula is C21H23ClF3NO3. The summed E-state index contributed by atoms with van der Waals surface area (Å²) in [7, 11) is 0. The van der Waals surface area contributed by atoms with E-state index in [4.69, 9.17) is 21.1 Å². The van der Waals surface area contributed by atoms with Crippen molar-refractivity contribution in [2.45, 2.75) is 33.6 Å². The van der Waals surface area contributed by atoms with E-state index in [9.17, 15) is 18.0 Å². The average molecular weight is 430 g/mol. The zero-order valence-corrected chi connectivity index (χ0v) is 17.2. The Morgan fingerprint density at radius 3 is 2.52 bits per heavy atom. The number of anilines is 1. The summed E-state index contributed by atoms with van der Waals surface area (Å²) in [5.74, 6) is 0.226. The highest BCUT2D eigenvalue weighted by atomic mass is 35.5. The van der Waals surface area contributed by atoms with E-state index in [1.54, 1.807) is 12.1 Å². The van der Waals surface area contributed by atoms with Crippen molar-refractivity contribution in [2.24, 2.45) is 5.92 Å². The van der Waals surface area contributed by atoms with Crippen LogP contribution in [0, 0.1) is 5.92 Å². The minimum Gasteiger partial charge on any atom is -0.494 e. The zero-order valence-electron chi connectivity index (χ0n) is 16.4. The Balaban J connectivity index is 2.27. The van der Waals surface area contributed by atoms with Crippen LogP contribution in [0.15, 0.2) is 36.4 Å². The molecule has 0 heterocycles. The molecule has 0 aliphatic rings. The summed E-state index contributed by atoms with van der Waals surface area (Å²) in [5, 5.41) is 2.25. The highest BCUT2D eigenvalue weighted by molar-refractivity contribution is 6.30. The first kappa shape index (κ1) is 23.0. The topological polar surface area (TPSA) is 47.6 Å². The van der Waals surface area contributed by atoms with E-state index in [0.717, 1.165) is 12.1 Å². The highest BCUT2D eigenvalue weighted by Gasteiger charge is 2.34. The number of rotatable bonds is 8. The number of hydrogen-bond acceptors (Lipinski definition) is 3. The van der Waals surface area contributed by atoms with Crippen LogP contribution in [0.4, 0.5) is 18.9 Å². The first-order valence-corrected chi connectivity index (χ1v) is 9.51. The SMILES string of the molecule is CCOc1ccc(C(=O)Nc2ccc(Cl)cc2C(F)(F)F)cc1COCC(C)C. The van der Waals surface area contributed by atoms with Gasteiger partial charge in [-0.1, -0.05) is 25.4 Å². The molecule has 4 nitrogen and oxygen atoms in total. The summed E-state index contributed by atoms with van der Waals surface area (Å²) >= 11 is 5.67. The molecule has 2 rings (SSSR count). The number of carbonyl (C=O) groups excluding carboxylic acids is 1. The van der Waals surface area contributed by atoms with Crippen molar-refractivity contribution in [3.8, 4) is 5.75 Å². The molecule has 2 aromatic carbocycles. The molecule has 29 heavy (non-hydrogen) atoms. The van der Waals surface area contributed by atoms with Crippen LogP contribution in [0.25, 0.3) is 0 Å². The van der Waals surface area contributed by atoms with E-state index in [-0.39, 0.29) is 22.9 Å². The van der Waals surface area contributed by atoms with Gasteiger partial charge in [-0.25, -0.2) is 0 Å². The molecule has 0 bridgehead atoms. The van der Waals surface area contributed by atoms with E-state index < -0.39 is 17.6 Å². The third kappa shape index (κ3) is 6.65. The van der Waals surface area contributed by atoms with Crippen LogP contribution in [-0.4, -0.2) is 19.1 Å². The van der Waals surface area contributed by atoms with E-state index in [1.807, 2.05) is 20.8 Å². The van der Waals surface area contributed by atoms with E-state index in [0.29, 0.717) is 30.4 Å². The molecule has 158 valence electrons. The average Bonchev–Trinajstić information content (AvgIpc) is 2.63. The van der Waals surface area contributed by atoms with Gasteiger partial charge in [-0.15, -0.1) is 0 Å². The first-order valence-electron chi connectivity index (χ1n) is 9.13. The maximum Gasteiger partial charge on any atom is 0.418 e. The second-order valence-corrected chi connectivity index (χ2v) is 7.24. The molecular weight excluding hydrogens is 407 g/mol. The Bertz CT molecular complexity index is 854. The van der Waals surface area contributed by atoms with Crippen molar-refractivity contribution in [1.82, 2.24) is 0 Å². The fraction of sp³-hybridized carbons (Fsp3) is 0.381. The van der Waals surface area contributed by atoms with Gasteiger partial charge >= 0.3 is 6.18 Å². The summed E-state index contributed by atoms with van der Waals surface area (Å²) in [4.78, 5) is 12.6. The molecule has 0 aliphatic carbocycles. The van der Waals surface area contributed by atoms with E-state index in [2.05, 4.69) is 5.32 Å². The van der Waals surface area contributed by atoms with Gasteiger partial charge in [0.2, 0.25) is 0 Å². The highest BCUT2D eigenvalue weighted by Crippen LogP contribution is 2.36. The van der Waals surface area contributed by atoms with Crippen molar-refractivity contribution in [3.63, 3.8) is 0 Å². The normalized spacial score (nSPS) is 11.6. The van der Waals surface area contributed by atoms with Gasteiger partial charge in [0.05, 0.1) is 24.5 Å². The standard InChI is InChI=1S/C21H23ClF3NO3/c1-4-29-19-8-5-14(9-15(19)12-28-11-13(2)3)20(27)26-18-7-6-16(22)10-17(18)21(23,24)25/h5-10,13H,4,11-12H2,1-3H3,(H,26,27). The molecule has 0 aliphatic heterocycles. The van der Waals surface area contributed by atoms with Gasteiger partial charge in [0.25, 0.3) is 5.91 Å². The first-order chi connectivity index (χ1) is 13.6. The maximum atomic E-state index is 13.2. The second-order valence-electron chi connectivity index (χ2n) is 6.81. The van der Waals surface area contributed by atoms with Crippen LogP contribution in [0.1, 0.15) is 42.3 Å². The number of hydrogen-bond donors (Lipinski definition) is 1. The molecule has 0 atom stereocenters. The molecule has 2 aromatic rings. The Labute approximate surface area is 173 Å². The van der Waals surface area contributed by atoms with Gasteiger partial charge in [0, 0.05) is 22.8 Å². The third-order valence-corrected chi connectivity index (χ3v) is 4.10.